The number of carbonyl (C=O) groups is 1. The van der Waals surface area contributed by atoms with E-state index < -0.39 is 0 Å². The van der Waals surface area contributed by atoms with Gasteiger partial charge in [-0.05, 0) is 88.1 Å². The molecule has 2 aromatic carbocycles. The van der Waals surface area contributed by atoms with Crippen LogP contribution in [0.5, 0.6) is 0 Å². The van der Waals surface area contributed by atoms with Gasteiger partial charge in [-0.3, -0.25) is 4.79 Å². The summed E-state index contributed by atoms with van der Waals surface area (Å²) in [4.78, 5) is 16.6. The standard InChI is InChI=1S/C33H42N2O/c1-5-34(6-2)31-25-21-29(22-26-31)17-13-9-11-15-19-33(36)20-16-12-10-14-18-30-23-27-32(28-24-30)35(7-3)8-4/h9,11,13-28H,5-8,10,12H2,1-4H3/b11-9+,17-13+,18-14+,19-15+,20-16+. The molecule has 2 rings (SSSR count). The molecule has 0 fully saturated rings. The monoisotopic (exact) mass is 482 g/mol. The Labute approximate surface area is 218 Å². The molecule has 0 bridgehead atoms. The van der Waals surface area contributed by atoms with Crippen LogP contribution in [0.2, 0.25) is 0 Å². The highest BCUT2D eigenvalue weighted by molar-refractivity contribution is 5.99. The lowest BCUT2D eigenvalue weighted by Gasteiger charge is -2.20. The van der Waals surface area contributed by atoms with Gasteiger partial charge < -0.3 is 9.80 Å². The summed E-state index contributed by atoms with van der Waals surface area (Å²) >= 11 is 0. The zero-order chi connectivity index (χ0) is 26.0. The van der Waals surface area contributed by atoms with Crippen molar-refractivity contribution < 1.29 is 4.79 Å². The van der Waals surface area contributed by atoms with E-state index in [1.54, 1.807) is 18.2 Å². The van der Waals surface area contributed by atoms with Crippen LogP contribution < -0.4 is 9.80 Å². The molecule has 0 aromatic heterocycles. The Morgan fingerprint density at radius 1 is 0.583 bits per heavy atom. The maximum Gasteiger partial charge on any atom is 0.178 e. The number of carbonyl (C=O) groups excluding carboxylic acids is 1. The second-order valence-corrected chi connectivity index (χ2v) is 8.42. The summed E-state index contributed by atoms with van der Waals surface area (Å²) in [5, 5.41) is 0. The van der Waals surface area contributed by atoms with Gasteiger partial charge in [0.1, 0.15) is 0 Å². The lowest BCUT2D eigenvalue weighted by Crippen LogP contribution is -2.21. The first kappa shape index (κ1) is 28.6. The Kier molecular flexibility index (Phi) is 13.5. The summed E-state index contributed by atoms with van der Waals surface area (Å²) in [6.07, 6.45) is 20.9. The third-order valence-electron chi connectivity index (χ3n) is 6.02. The van der Waals surface area contributed by atoms with Crippen molar-refractivity contribution in [3.05, 3.63) is 108 Å². The van der Waals surface area contributed by atoms with Crippen LogP contribution in [0.3, 0.4) is 0 Å². The number of nitrogens with zero attached hydrogens (tertiary/aromatic N) is 2. The summed E-state index contributed by atoms with van der Waals surface area (Å²) in [6.45, 7) is 12.8. The molecule has 0 N–H and O–H groups in total. The molecular formula is C33H42N2O. The smallest absolute Gasteiger partial charge is 0.178 e. The van der Waals surface area contributed by atoms with Gasteiger partial charge in [0.25, 0.3) is 0 Å². The first-order chi connectivity index (χ1) is 17.6. The van der Waals surface area contributed by atoms with E-state index in [0.29, 0.717) is 0 Å². The zero-order valence-corrected chi connectivity index (χ0v) is 22.4. The molecule has 0 saturated carbocycles. The molecule has 0 aliphatic carbocycles. The van der Waals surface area contributed by atoms with Crippen molar-refractivity contribution in [2.75, 3.05) is 36.0 Å². The van der Waals surface area contributed by atoms with Crippen LogP contribution in [0, 0.1) is 0 Å². The van der Waals surface area contributed by atoms with Crippen molar-refractivity contribution in [1.29, 1.82) is 0 Å². The maximum absolute atomic E-state index is 12.0. The minimum atomic E-state index is 0.00610. The number of hydrogen-bond acceptors (Lipinski definition) is 3. The molecular weight excluding hydrogens is 440 g/mol. The fourth-order valence-electron chi connectivity index (χ4n) is 3.88. The predicted molar refractivity (Wildman–Crippen MR) is 160 cm³/mol. The number of anilines is 2. The molecule has 0 atom stereocenters. The fraction of sp³-hybridized carbons (Fsp3) is 0.303. The molecule has 0 aliphatic heterocycles. The number of hydrogen-bond donors (Lipinski definition) is 0. The van der Waals surface area contributed by atoms with Gasteiger partial charge >= 0.3 is 0 Å². The van der Waals surface area contributed by atoms with E-state index in [1.807, 2.05) is 24.3 Å². The predicted octanol–water partition coefficient (Wildman–Crippen LogP) is 8.12. The first-order valence-corrected chi connectivity index (χ1v) is 13.2. The topological polar surface area (TPSA) is 23.6 Å². The first-order valence-electron chi connectivity index (χ1n) is 13.2. The molecule has 0 unspecified atom stereocenters. The van der Waals surface area contributed by atoms with Crippen LogP contribution in [-0.4, -0.2) is 32.0 Å². The molecule has 3 nitrogen and oxygen atoms in total. The number of unbranched alkanes of at least 4 members (excludes halogenated alkanes) is 1. The van der Waals surface area contributed by atoms with E-state index in [4.69, 9.17) is 0 Å². The van der Waals surface area contributed by atoms with Crippen molar-refractivity contribution in [2.45, 2.75) is 40.5 Å². The molecule has 0 heterocycles. The van der Waals surface area contributed by atoms with Gasteiger partial charge in [-0.2, -0.15) is 0 Å². The summed E-state index contributed by atoms with van der Waals surface area (Å²) in [5.74, 6) is 0.00610. The largest absolute Gasteiger partial charge is 0.372 e. The lowest BCUT2D eigenvalue weighted by atomic mass is 10.1. The third-order valence-corrected chi connectivity index (χ3v) is 6.02. The van der Waals surface area contributed by atoms with E-state index in [-0.39, 0.29) is 5.78 Å². The maximum atomic E-state index is 12.0. The molecule has 36 heavy (non-hydrogen) atoms. The molecule has 0 aliphatic rings. The van der Waals surface area contributed by atoms with E-state index in [1.165, 1.54) is 16.9 Å². The van der Waals surface area contributed by atoms with E-state index >= 15 is 0 Å². The molecule has 2 aromatic rings. The van der Waals surface area contributed by atoms with E-state index in [9.17, 15) is 4.79 Å². The number of allylic oxidation sites excluding steroid dienone is 8. The highest BCUT2D eigenvalue weighted by Gasteiger charge is 2.00. The number of ketones is 1. The quantitative estimate of drug-likeness (QED) is 0.145. The molecule has 190 valence electrons. The summed E-state index contributed by atoms with van der Waals surface area (Å²) < 4.78 is 0. The van der Waals surface area contributed by atoms with Crippen molar-refractivity contribution in [1.82, 2.24) is 0 Å². The van der Waals surface area contributed by atoms with Crippen LogP contribution in [-0.2, 0) is 4.79 Å². The normalized spacial score (nSPS) is 12.1. The highest BCUT2D eigenvalue weighted by Crippen LogP contribution is 2.17. The molecule has 3 heteroatoms. The zero-order valence-electron chi connectivity index (χ0n) is 22.4. The molecule has 0 saturated heterocycles. The second kappa shape index (κ2) is 16.9. The van der Waals surface area contributed by atoms with Crippen LogP contribution in [0.4, 0.5) is 11.4 Å². The molecule has 0 amide bonds. The van der Waals surface area contributed by atoms with Gasteiger partial charge in [-0.1, -0.05) is 72.9 Å². The summed E-state index contributed by atoms with van der Waals surface area (Å²) in [6, 6.07) is 17.2. The Bertz CT molecular complexity index is 1030. The van der Waals surface area contributed by atoms with Gasteiger partial charge in [0.05, 0.1) is 0 Å². The van der Waals surface area contributed by atoms with Gasteiger partial charge in [0.2, 0.25) is 0 Å². The fourth-order valence-corrected chi connectivity index (χ4v) is 3.88. The highest BCUT2D eigenvalue weighted by atomic mass is 16.1. The Morgan fingerprint density at radius 3 is 1.58 bits per heavy atom. The lowest BCUT2D eigenvalue weighted by molar-refractivity contribution is -0.110. The Morgan fingerprint density at radius 2 is 1.06 bits per heavy atom. The number of benzene rings is 2. The summed E-state index contributed by atoms with van der Waals surface area (Å²) in [5.41, 5.74) is 4.87. The third kappa shape index (κ3) is 10.4. The van der Waals surface area contributed by atoms with Crippen molar-refractivity contribution in [2.24, 2.45) is 0 Å². The summed E-state index contributed by atoms with van der Waals surface area (Å²) in [7, 11) is 0. The number of rotatable bonds is 15. The minimum Gasteiger partial charge on any atom is -0.372 e. The van der Waals surface area contributed by atoms with Crippen LogP contribution >= 0.6 is 0 Å². The Hall–Kier alpha value is -3.59. The SMILES string of the molecule is CCN(CC)c1ccc(/C=C/C=C/C=C/C(=O)/C=C/CC/C=C/c2ccc(N(CC)CC)cc2)cc1. The van der Waals surface area contributed by atoms with Gasteiger partial charge in [0.15, 0.2) is 5.78 Å². The van der Waals surface area contributed by atoms with Crippen LogP contribution in [0.25, 0.3) is 12.2 Å². The average Bonchev–Trinajstić information content (AvgIpc) is 2.91. The molecule has 0 spiro atoms. The average molecular weight is 483 g/mol. The van der Waals surface area contributed by atoms with E-state index in [0.717, 1.165) is 44.6 Å². The van der Waals surface area contributed by atoms with Crippen molar-refractivity contribution >= 4 is 29.3 Å². The van der Waals surface area contributed by atoms with Crippen molar-refractivity contribution in [3.8, 4) is 0 Å². The van der Waals surface area contributed by atoms with Crippen molar-refractivity contribution in [3.63, 3.8) is 0 Å². The van der Waals surface area contributed by atoms with Gasteiger partial charge in [0, 0.05) is 37.6 Å². The van der Waals surface area contributed by atoms with Gasteiger partial charge in [-0.15, -0.1) is 0 Å². The molecule has 0 radical (unpaired) electrons. The van der Waals surface area contributed by atoms with Crippen LogP contribution in [0.15, 0.2) is 97.1 Å². The van der Waals surface area contributed by atoms with Gasteiger partial charge in [-0.25, -0.2) is 0 Å². The minimum absolute atomic E-state index is 0.00610. The second-order valence-electron chi connectivity index (χ2n) is 8.42. The van der Waals surface area contributed by atoms with Crippen LogP contribution in [0.1, 0.15) is 51.7 Å². The Balaban J connectivity index is 1.68. The van der Waals surface area contributed by atoms with E-state index in [2.05, 4.69) is 104 Å².